The van der Waals surface area contributed by atoms with Gasteiger partial charge in [-0.2, -0.15) is 0 Å². The average Bonchev–Trinajstić information content (AvgIpc) is 3.01. The number of carbonyl (C=O) groups excluding carboxylic acids is 1. The molecule has 4 heteroatoms. The van der Waals surface area contributed by atoms with Gasteiger partial charge in [0.15, 0.2) is 0 Å². The largest absolute Gasteiger partial charge is 0.349 e. The molecule has 2 atom stereocenters. The normalized spacial score (nSPS) is 20.4. The van der Waals surface area contributed by atoms with Gasteiger partial charge in [-0.25, -0.2) is 0 Å². The minimum Gasteiger partial charge on any atom is -0.349 e. The Morgan fingerprint density at radius 2 is 1.83 bits per heavy atom. The lowest BCUT2D eigenvalue weighted by molar-refractivity contribution is 0.0937. The highest BCUT2D eigenvalue weighted by atomic mass is 35.5. The third kappa shape index (κ3) is 4.57. The van der Waals surface area contributed by atoms with Crippen LogP contribution in [0.3, 0.4) is 0 Å². The number of benzene rings is 2. The van der Waals surface area contributed by atoms with E-state index in [0.717, 1.165) is 36.4 Å². The van der Waals surface area contributed by atoms with Crippen LogP contribution in [0.4, 0.5) is 0 Å². The molecule has 0 unspecified atom stereocenters. The third-order valence-corrected chi connectivity index (χ3v) is 4.52. The summed E-state index contributed by atoms with van der Waals surface area (Å²) in [6.45, 7) is 0.810. The lowest BCUT2D eigenvalue weighted by atomic mass is 10.1. The molecule has 3 nitrogen and oxygen atoms in total. The summed E-state index contributed by atoms with van der Waals surface area (Å²) in [4.78, 5) is 12.2. The van der Waals surface area contributed by atoms with Gasteiger partial charge in [-0.15, -0.1) is 0 Å². The summed E-state index contributed by atoms with van der Waals surface area (Å²) in [6, 6.07) is 18.0. The van der Waals surface area contributed by atoms with Crippen molar-refractivity contribution in [2.24, 2.45) is 0 Å². The molecule has 1 fully saturated rings. The molecule has 1 aliphatic carbocycles. The fourth-order valence-corrected chi connectivity index (χ4v) is 3.28. The second-order valence-corrected chi connectivity index (χ2v) is 6.49. The molecule has 1 aliphatic rings. The molecule has 1 amide bonds. The minimum absolute atomic E-state index is 0.0195. The van der Waals surface area contributed by atoms with Crippen LogP contribution in [-0.4, -0.2) is 18.0 Å². The van der Waals surface area contributed by atoms with Gasteiger partial charge >= 0.3 is 0 Å². The van der Waals surface area contributed by atoms with E-state index in [1.165, 1.54) is 5.56 Å². The molecule has 0 radical (unpaired) electrons. The first-order valence-corrected chi connectivity index (χ1v) is 8.42. The predicted molar refractivity (Wildman–Crippen MR) is 93.6 cm³/mol. The number of halogens is 1. The maximum Gasteiger partial charge on any atom is 0.251 e. The van der Waals surface area contributed by atoms with E-state index in [1.807, 2.05) is 48.5 Å². The molecule has 0 bridgehead atoms. The molecular formula is C19H21ClN2O. The highest BCUT2D eigenvalue weighted by Gasteiger charge is 2.25. The van der Waals surface area contributed by atoms with Gasteiger partial charge in [0, 0.05) is 29.2 Å². The van der Waals surface area contributed by atoms with E-state index in [9.17, 15) is 4.79 Å². The first-order chi connectivity index (χ1) is 11.2. The van der Waals surface area contributed by atoms with E-state index < -0.39 is 0 Å². The zero-order valence-electron chi connectivity index (χ0n) is 13.0. The van der Waals surface area contributed by atoms with E-state index in [2.05, 4.69) is 16.7 Å². The summed E-state index contributed by atoms with van der Waals surface area (Å²) in [6.07, 6.45) is 3.07. The Morgan fingerprint density at radius 3 is 2.61 bits per heavy atom. The van der Waals surface area contributed by atoms with E-state index in [0.29, 0.717) is 6.04 Å². The number of rotatable bonds is 5. The van der Waals surface area contributed by atoms with Crippen molar-refractivity contribution in [3.63, 3.8) is 0 Å². The van der Waals surface area contributed by atoms with E-state index in [4.69, 9.17) is 11.6 Å². The summed E-state index contributed by atoms with van der Waals surface area (Å²) in [7, 11) is 0. The van der Waals surface area contributed by atoms with Crippen molar-refractivity contribution >= 4 is 17.5 Å². The van der Waals surface area contributed by atoms with E-state index in [1.54, 1.807) is 0 Å². The van der Waals surface area contributed by atoms with Crippen molar-refractivity contribution in [1.29, 1.82) is 0 Å². The summed E-state index contributed by atoms with van der Waals surface area (Å²) < 4.78 is 0. The fourth-order valence-electron chi connectivity index (χ4n) is 3.07. The van der Waals surface area contributed by atoms with Gasteiger partial charge in [0.1, 0.15) is 0 Å². The molecule has 2 aromatic rings. The van der Waals surface area contributed by atoms with Crippen LogP contribution in [0.1, 0.15) is 35.2 Å². The summed E-state index contributed by atoms with van der Waals surface area (Å²) in [5.74, 6) is 0.0195. The summed E-state index contributed by atoms with van der Waals surface area (Å²) in [5.41, 5.74) is 1.91. The van der Waals surface area contributed by atoms with Gasteiger partial charge in [0.2, 0.25) is 0 Å². The molecule has 0 aromatic heterocycles. The smallest absolute Gasteiger partial charge is 0.251 e. The standard InChI is InChI=1S/C19H21ClN2O/c20-16-8-4-5-14(11-16)13-21-17-9-10-18(12-17)22-19(23)15-6-2-1-3-7-15/h1-8,11,17-18,21H,9-10,12-13H2,(H,22,23)/t17-,18+/m1/s1. The number of hydrogen-bond donors (Lipinski definition) is 2. The van der Waals surface area contributed by atoms with Crippen molar-refractivity contribution in [2.75, 3.05) is 0 Å². The third-order valence-electron chi connectivity index (χ3n) is 4.29. The van der Waals surface area contributed by atoms with Crippen molar-refractivity contribution in [3.05, 3.63) is 70.7 Å². The SMILES string of the molecule is O=C(N[C@H]1CC[C@@H](NCc2cccc(Cl)c2)C1)c1ccccc1. The number of hydrogen-bond acceptors (Lipinski definition) is 2. The lowest BCUT2D eigenvalue weighted by Gasteiger charge is -2.15. The Kier molecular flexibility index (Phi) is 5.31. The topological polar surface area (TPSA) is 41.1 Å². The predicted octanol–water partition coefficient (Wildman–Crippen LogP) is 3.78. The van der Waals surface area contributed by atoms with Crippen molar-refractivity contribution in [3.8, 4) is 0 Å². The van der Waals surface area contributed by atoms with Crippen LogP contribution >= 0.6 is 11.6 Å². The molecule has 2 aromatic carbocycles. The average molecular weight is 329 g/mol. The van der Waals surface area contributed by atoms with Crippen molar-refractivity contribution < 1.29 is 4.79 Å². The van der Waals surface area contributed by atoms with Crippen LogP contribution in [0.5, 0.6) is 0 Å². The molecule has 1 saturated carbocycles. The van der Waals surface area contributed by atoms with Crippen LogP contribution in [0.15, 0.2) is 54.6 Å². The van der Waals surface area contributed by atoms with Crippen molar-refractivity contribution in [2.45, 2.75) is 37.9 Å². The second kappa shape index (κ2) is 7.62. The van der Waals surface area contributed by atoms with Gasteiger partial charge in [-0.3, -0.25) is 4.79 Å². The zero-order valence-corrected chi connectivity index (χ0v) is 13.7. The van der Waals surface area contributed by atoms with Gasteiger partial charge in [-0.1, -0.05) is 41.9 Å². The maximum atomic E-state index is 12.2. The minimum atomic E-state index is 0.0195. The van der Waals surface area contributed by atoms with Crippen LogP contribution in [0.25, 0.3) is 0 Å². The molecular weight excluding hydrogens is 308 g/mol. The number of amides is 1. The Labute approximate surface area is 142 Å². The zero-order chi connectivity index (χ0) is 16.1. The summed E-state index contributed by atoms with van der Waals surface area (Å²) in [5, 5.41) is 7.46. The molecule has 0 aliphatic heterocycles. The van der Waals surface area contributed by atoms with Gasteiger partial charge in [0.25, 0.3) is 5.91 Å². The molecule has 3 rings (SSSR count). The van der Waals surface area contributed by atoms with Crippen LogP contribution < -0.4 is 10.6 Å². The Hall–Kier alpha value is -1.84. The van der Waals surface area contributed by atoms with Gasteiger partial charge in [-0.05, 0) is 49.1 Å². The molecule has 0 heterocycles. The second-order valence-electron chi connectivity index (χ2n) is 6.06. The Morgan fingerprint density at radius 1 is 1.04 bits per heavy atom. The Balaban J connectivity index is 1.46. The number of nitrogens with one attached hydrogen (secondary N) is 2. The summed E-state index contributed by atoms with van der Waals surface area (Å²) >= 11 is 6.00. The highest BCUT2D eigenvalue weighted by Crippen LogP contribution is 2.20. The maximum absolute atomic E-state index is 12.2. The lowest BCUT2D eigenvalue weighted by Crippen LogP contribution is -2.35. The monoisotopic (exact) mass is 328 g/mol. The fraction of sp³-hybridized carbons (Fsp3) is 0.316. The van der Waals surface area contributed by atoms with E-state index >= 15 is 0 Å². The quantitative estimate of drug-likeness (QED) is 0.877. The molecule has 120 valence electrons. The van der Waals surface area contributed by atoms with Crippen LogP contribution in [0.2, 0.25) is 5.02 Å². The van der Waals surface area contributed by atoms with Crippen LogP contribution in [-0.2, 0) is 6.54 Å². The molecule has 2 N–H and O–H groups in total. The first kappa shape index (κ1) is 16.0. The molecule has 0 saturated heterocycles. The Bertz CT molecular complexity index is 659. The van der Waals surface area contributed by atoms with Crippen LogP contribution in [0, 0.1) is 0 Å². The van der Waals surface area contributed by atoms with Gasteiger partial charge < -0.3 is 10.6 Å². The van der Waals surface area contributed by atoms with E-state index in [-0.39, 0.29) is 11.9 Å². The molecule has 0 spiro atoms. The first-order valence-electron chi connectivity index (χ1n) is 8.04. The van der Waals surface area contributed by atoms with Crippen molar-refractivity contribution in [1.82, 2.24) is 10.6 Å². The number of carbonyl (C=O) groups is 1. The highest BCUT2D eigenvalue weighted by molar-refractivity contribution is 6.30. The van der Waals surface area contributed by atoms with Gasteiger partial charge in [0.05, 0.1) is 0 Å². The molecule has 23 heavy (non-hydrogen) atoms.